The van der Waals surface area contributed by atoms with Crippen LogP contribution in [-0.2, 0) is 21.2 Å². The van der Waals surface area contributed by atoms with E-state index in [1.807, 2.05) is 18.2 Å². The molecule has 6 nitrogen and oxygen atoms in total. The van der Waals surface area contributed by atoms with Gasteiger partial charge in [0.15, 0.2) is 0 Å². The largest absolute Gasteiger partial charge is 0.383 e. The summed E-state index contributed by atoms with van der Waals surface area (Å²) in [6.45, 7) is 1.38. The molecule has 0 saturated carbocycles. The van der Waals surface area contributed by atoms with Gasteiger partial charge in [-0.15, -0.1) is 0 Å². The third-order valence-corrected chi connectivity index (χ3v) is 6.50. The van der Waals surface area contributed by atoms with Crippen LogP contribution in [0, 0.1) is 5.82 Å². The Hall–Kier alpha value is -3.23. The molecular formula is C25H27FN2O4S. The van der Waals surface area contributed by atoms with Crippen LogP contribution in [0.1, 0.15) is 22.3 Å². The van der Waals surface area contributed by atoms with E-state index in [0.29, 0.717) is 25.3 Å². The van der Waals surface area contributed by atoms with E-state index in [2.05, 4.69) is 16.9 Å². The van der Waals surface area contributed by atoms with Crippen molar-refractivity contribution in [3.8, 4) is 0 Å². The number of rotatable bonds is 11. The van der Waals surface area contributed by atoms with Crippen LogP contribution in [0.25, 0.3) is 0 Å². The first kappa shape index (κ1) is 24.4. The van der Waals surface area contributed by atoms with E-state index in [0.717, 1.165) is 12.8 Å². The van der Waals surface area contributed by atoms with Crippen LogP contribution < -0.4 is 4.72 Å². The summed E-state index contributed by atoms with van der Waals surface area (Å²) < 4.78 is 46.4. The molecular weight excluding hydrogens is 443 g/mol. The van der Waals surface area contributed by atoms with Gasteiger partial charge < -0.3 is 9.64 Å². The number of carbonyl (C=O) groups is 1. The molecule has 0 aromatic heterocycles. The minimum Gasteiger partial charge on any atom is -0.383 e. The highest BCUT2D eigenvalue weighted by molar-refractivity contribution is 7.92. The van der Waals surface area contributed by atoms with Crippen molar-refractivity contribution in [2.75, 3.05) is 31.5 Å². The van der Waals surface area contributed by atoms with Crippen molar-refractivity contribution in [2.24, 2.45) is 0 Å². The SMILES string of the molecule is COCCN(CCCc1ccccc1)C(=O)c1ccc(S(=O)(=O)Nc2ccccc2F)cc1. The summed E-state index contributed by atoms with van der Waals surface area (Å²) in [6, 6.07) is 21.2. The van der Waals surface area contributed by atoms with Gasteiger partial charge in [0, 0.05) is 25.8 Å². The molecule has 174 valence electrons. The first-order valence-electron chi connectivity index (χ1n) is 10.6. The Morgan fingerprint density at radius 3 is 2.27 bits per heavy atom. The van der Waals surface area contributed by atoms with Gasteiger partial charge in [0.05, 0.1) is 17.2 Å². The molecule has 3 aromatic carbocycles. The summed E-state index contributed by atoms with van der Waals surface area (Å²) in [4.78, 5) is 14.7. The molecule has 0 aliphatic carbocycles. The number of sulfonamides is 1. The van der Waals surface area contributed by atoms with Crippen molar-refractivity contribution in [3.63, 3.8) is 0 Å². The fourth-order valence-corrected chi connectivity index (χ4v) is 4.41. The van der Waals surface area contributed by atoms with Gasteiger partial charge in [0.1, 0.15) is 5.82 Å². The van der Waals surface area contributed by atoms with Gasteiger partial charge in [0.25, 0.3) is 15.9 Å². The monoisotopic (exact) mass is 470 g/mol. The molecule has 3 rings (SSSR count). The number of para-hydroxylation sites is 1. The molecule has 0 bridgehead atoms. The summed E-state index contributed by atoms with van der Waals surface area (Å²) in [6.07, 6.45) is 1.63. The second-order valence-electron chi connectivity index (χ2n) is 7.48. The molecule has 0 atom stereocenters. The first-order valence-corrected chi connectivity index (χ1v) is 12.1. The maximum atomic E-state index is 13.8. The lowest BCUT2D eigenvalue weighted by atomic mass is 10.1. The van der Waals surface area contributed by atoms with Crippen LogP contribution >= 0.6 is 0 Å². The molecule has 3 aromatic rings. The number of nitrogens with zero attached hydrogens (tertiary/aromatic N) is 1. The number of halogens is 1. The predicted octanol–water partition coefficient (Wildman–Crippen LogP) is 4.35. The Morgan fingerprint density at radius 1 is 0.939 bits per heavy atom. The Kier molecular flexibility index (Phi) is 8.57. The minimum absolute atomic E-state index is 0.0603. The third kappa shape index (κ3) is 6.87. The van der Waals surface area contributed by atoms with Crippen molar-refractivity contribution < 1.29 is 22.3 Å². The molecule has 0 saturated heterocycles. The van der Waals surface area contributed by atoms with E-state index >= 15 is 0 Å². The molecule has 33 heavy (non-hydrogen) atoms. The lowest BCUT2D eigenvalue weighted by molar-refractivity contribution is 0.0693. The van der Waals surface area contributed by atoms with Gasteiger partial charge >= 0.3 is 0 Å². The molecule has 0 spiro atoms. The molecule has 1 N–H and O–H groups in total. The number of nitrogens with one attached hydrogen (secondary N) is 1. The van der Waals surface area contributed by atoms with E-state index in [1.54, 1.807) is 12.0 Å². The van der Waals surface area contributed by atoms with E-state index in [4.69, 9.17) is 4.74 Å². The van der Waals surface area contributed by atoms with Crippen molar-refractivity contribution in [2.45, 2.75) is 17.7 Å². The van der Waals surface area contributed by atoms with Crippen LogP contribution in [0.5, 0.6) is 0 Å². The number of ether oxygens (including phenoxy) is 1. The van der Waals surface area contributed by atoms with Crippen molar-refractivity contribution in [1.82, 2.24) is 4.90 Å². The Morgan fingerprint density at radius 2 is 1.61 bits per heavy atom. The smallest absolute Gasteiger partial charge is 0.261 e. The van der Waals surface area contributed by atoms with Crippen LogP contribution in [0.3, 0.4) is 0 Å². The normalized spacial score (nSPS) is 11.2. The number of methoxy groups -OCH3 is 1. The predicted molar refractivity (Wildman–Crippen MR) is 126 cm³/mol. The molecule has 0 aliphatic heterocycles. The van der Waals surface area contributed by atoms with Crippen molar-refractivity contribution >= 4 is 21.6 Å². The topological polar surface area (TPSA) is 75.7 Å². The van der Waals surface area contributed by atoms with Crippen LogP contribution in [0.15, 0.2) is 83.8 Å². The van der Waals surface area contributed by atoms with Gasteiger partial charge in [-0.2, -0.15) is 0 Å². The lowest BCUT2D eigenvalue weighted by Gasteiger charge is -2.22. The van der Waals surface area contributed by atoms with Gasteiger partial charge in [-0.25, -0.2) is 12.8 Å². The molecule has 8 heteroatoms. The van der Waals surface area contributed by atoms with Crippen LogP contribution in [-0.4, -0.2) is 46.0 Å². The Balaban J connectivity index is 1.68. The standard InChI is InChI=1S/C25H27FN2O4S/c1-32-19-18-28(17-7-10-20-8-3-2-4-9-20)25(29)21-13-15-22(16-14-21)33(30,31)27-24-12-6-5-11-23(24)26/h2-6,8-9,11-16,27H,7,10,17-19H2,1H3. The molecule has 0 fully saturated rings. The number of amides is 1. The van der Waals surface area contributed by atoms with Crippen LogP contribution in [0.4, 0.5) is 10.1 Å². The number of hydrogen-bond donors (Lipinski definition) is 1. The fourth-order valence-electron chi connectivity index (χ4n) is 3.34. The molecule has 1 amide bonds. The van der Waals surface area contributed by atoms with Crippen LogP contribution in [0.2, 0.25) is 0 Å². The van der Waals surface area contributed by atoms with E-state index in [9.17, 15) is 17.6 Å². The average Bonchev–Trinajstić information content (AvgIpc) is 2.83. The summed E-state index contributed by atoms with van der Waals surface area (Å²) in [5.74, 6) is -0.872. The second kappa shape index (κ2) is 11.6. The average molecular weight is 471 g/mol. The summed E-state index contributed by atoms with van der Waals surface area (Å²) in [7, 11) is -2.41. The summed E-state index contributed by atoms with van der Waals surface area (Å²) in [5, 5.41) is 0. The Bertz CT molecular complexity index is 1150. The third-order valence-electron chi connectivity index (χ3n) is 5.12. The summed E-state index contributed by atoms with van der Waals surface area (Å²) in [5.41, 5.74) is 1.44. The second-order valence-corrected chi connectivity index (χ2v) is 9.17. The quantitative estimate of drug-likeness (QED) is 0.452. The van der Waals surface area contributed by atoms with Gasteiger partial charge in [-0.3, -0.25) is 9.52 Å². The Labute approximate surface area is 194 Å². The fraction of sp³-hybridized carbons (Fsp3) is 0.240. The maximum Gasteiger partial charge on any atom is 0.261 e. The maximum absolute atomic E-state index is 13.8. The highest BCUT2D eigenvalue weighted by Crippen LogP contribution is 2.20. The zero-order valence-corrected chi connectivity index (χ0v) is 19.2. The van der Waals surface area contributed by atoms with E-state index in [-0.39, 0.29) is 16.5 Å². The zero-order chi connectivity index (χ0) is 23.7. The van der Waals surface area contributed by atoms with E-state index in [1.165, 1.54) is 54.1 Å². The first-order chi connectivity index (χ1) is 15.9. The van der Waals surface area contributed by atoms with Crippen molar-refractivity contribution in [1.29, 1.82) is 0 Å². The van der Waals surface area contributed by atoms with Crippen molar-refractivity contribution in [3.05, 3.63) is 95.8 Å². The number of carbonyl (C=O) groups excluding carboxylic acids is 1. The van der Waals surface area contributed by atoms with Gasteiger partial charge in [-0.1, -0.05) is 42.5 Å². The highest BCUT2D eigenvalue weighted by Gasteiger charge is 2.19. The van der Waals surface area contributed by atoms with Gasteiger partial charge in [0.2, 0.25) is 0 Å². The lowest BCUT2D eigenvalue weighted by Crippen LogP contribution is -2.35. The zero-order valence-electron chi connectivity index (χ0n) is 18.4. The highest BCUT2D eigenvalue weighted by atomic mass is 32.2. The number of benzene rings is 3. The van der Waals surface area contributed by atoms with E-state index < -0.39 is 15.8 Å². The molecule has 0 unspecified atom stereocenters. The molecule has 0 aliphatic rings. The summed E-state index contributed by atoms with van der Waals surface area (Å²) >= 11 is 0. The molecule has 0 heterocycles. The number of anilines is 1. The number of aryl methyl sites for hydroxylation is 1. The minimum atomic E-state index is -3.99. The molecule has 0 radical (unpaired) electrons. The number of hydrogen-bond acceptors (Lipinski definition) is 4. The van der Waals surface area contributed by atoms with Gasteiger partial charge in [-0.05, 0) is 54.8 Å².